The van der Waals surface area contributed by atoms with Crippen molar-refractivity contribution in [1.29, 1.82) is 0 Å². The average molecular weight is 567 g/mol. The van der Waals surface area contributed by atoms with Gasteiger partial charge in [-0.25, -0.2) is 9.97 Å². The summed E-state index contributed by atoms with van der Waals surface area (Å²) >= 11 is 8.73. The Hall–Kier alpha value is -3.73. The van der Waals surface area contributed by atoms with E-state index >= 15 is 0 Å². The molecule has 0 radical (unpaired) electrons. The predicted molar refractivity (Wildman–Crippen MR) is 153 cm³/mol. The highest BCUT2D eigenvalue weighted by molar-refractivity contribution is 7.22. The topological polar surface area (TPSA) is 102 Å². The van der Waals surface area contributed by atoms with E-state index in [1.807, 2.05) is 48.5 Å². The maximum Gasteiger partial charge on any atom is 0.230 e. The summed E-state index contributed by atoms with van der Waals surface area (Å²) in [5.41, 5.74) is 2.41. The molecule has 0 aliphatic rings. The molecule has 3 aromatic carbocycles. The molecule has 11 heteroatoms. The van der Waals surface area contributed by atoms with Crippen molar-refractivity contribution in [3.63, 3.8) is 0 Å². The van der Waals surface area contributed by atoms with Gasteiger partial charge in [-0.3, -0.25) is 9.59 Å². The molecule has 2 amide bonds. The molecule has 2 aromatic heterocycles. The van der Waals surface area contributed by atoms with E-state index in [2.05, 4.69) is 20.6 Å². The Morgan fingerprint density at radius 2 is 1.39 bits per heavy atom. The molecule has 0 aliphatic carbocycles. The second-order valence-electron chi connectivity index (χ2n) is 8.47. The molecule has 0 bridgehead atoms. The molecule has 38 heavy (non-hydrogen) atoms. The minimum Gasteiger partial charge on any atom is -0.497 e. The van der Waals surface area contributed by atoms with Gasteiger partial charge < -0.3 is 20.1 Å². The molecule has 5 rings (SSSR count). The highest BCUT2D eigenvalue weighted by Gasteiger charge is 2.24. The first-order chi connectivity index (χ1) is 18.4. The van der Waals surface area contributed by atoms with Crippen molar-refractivity contribution >= 4 is 76.8 Å². The van der Waals surface area contributed by atoms with Crippen molar-refractivity contribution in [3.8, 4) is 11.5 Å². The van der Waals surface area contributed by atoms with Gasteiger partial charge in [-0.1, -0.05) is 46.4 Å². The van der Waals surface area contributed by atoms with Gasteiger partial charge in [0.2, 0.25) is 11.8 Å². The van der Waals surface area contributed by atoms with Gasteiger partial charge in [0.1, 0.15) is 11.5 Å². The summed E-state index contributed by atoms with van der Waals surface area (Å²) in [5.74, 6) is 0.179. The van der Waals surface area contributed by atoms with Crippen LogP contribution in [0.25, 0.3) is 20.4 Å². The van der Waals surface area contributed by atoms with Crippen LogP contribution in [0.4, 0.5) is 10.3 Å². The molecule has 2 heterocycles. The summed E-state index contributed by atoms with van der Waals surface area (Å²) in [4.78, 5) is 35.4. The molecule has 194 valence electrons. The highest BCUT2D eigenvalue weighted by atomic mass is 35.5. The molecule has 5 aromatic rings. The number of rotatable bonds is 9. The largest absolute Gasteiger partial charge is 0.497 e. The van der Waals surface area contributed by atoms with Crippen LogP contribution in [-0.4, -0.2) is 36.0 Å². The Labute approximate surface area is 231 Å². The first kappa shape index (κ1) is 25.9. The van der Waals surface area contributed by atoms with E-state index in [-0.39, 0.29) is 18.2 Å². The number of halogens is 1. The van der Waals surface area contributed by atoms with Crippen LogP contribution in [0.5, 0.6) is 11.5 Å². The van der Waals surface area contributed by atoms with Crippen LogP contribution in [0.1, 0.15) is 12.0 Å². The summed E-state index contributed by atoms with van der Waals surface area (Å²) < 4.78 is 12.3. The first-order valence-electron chi connectivity index (χ1n) is 11.6. The number of hydrogen-bond acceptors (Lipinski definition) is 8. The normalized spacial score (nSPS) is 11.9. The Morgan fingerprint density at radius 3 is 1.95 bits per heavy atom. The monoisotopic (exact) mass is 566 g/mol. The molecular formula is C27H23ClN4O4S2. The summed E-state index contributed by atoms with van der Waals surface area (Å²) in [7, 11) is 3.20. The lowest BCUT2D eigenvalue weighted by Gasteiger charge is -2.15. The van der Waals surface area contributed by atoms with Crippen LogP contribution < -0.4 is 20.1 Å². The number of ether oxygens (including phenoxy) is 2. The smallest absolute Gasteiger partial charge is 0.230 e. The van der Waals surface area contributed by atoms with Crippen molar-refractivity contribution in [1.82, 2.24) is 9.97 Å². The lowest BCUT2D eigenvalue weighted by Crippen LogP contribution is -2.29. The van der Waals surface area contributed by atoms with E-state index in [1.165, 1.54) is 22.7 Å². The fourth-order valence-corrected chi connectivity index (χ4v) is 5.87. The van der Waals surface area contributed by atoms with Crippen LogP contribution in [0.15, 0.2) is 60.7 Å². The summed E-state index contributed by atoms with van der Waals surface area (Å²) in [6.45, 7) is 0. The zero-order valence-corrected chi connectivity index (χ0v) is 22.9. The number of nitrogens with zero attached hydrogens (tertiary/aromatic N) is 2. The molecule has 8 nitrogen and oxygen atoms in total. The molecule has 0 unspecified atom stereocenters. The van der Waals surface area contributed by atoms with E-state index in [9.17, 15) is 9.59 Å². The number of thiazole rings is 2. The molecule has 2 N–H and O–H groups in total. The van der Waals surface area contributed by atoms with Crippen molar-refractivity contribution in [2.75, 3.05) is 24.9 Å². The second-order valence-corrected chi connectivity index (χ2v) is 11.0. The van der Waals surface area contributed by atoms with Crippen LogP contribution >= 0.6 is 34.3 Å². The van der Waals surface area contributed by atoms with E-state index in [4.69, 9.17) is 21.1 Å². The molecule has 0 aliphatic heterocycles. The molecular weight excluding hydrogens is 544 g/mol. The summed E-state index contributed by atoms with van der Waals surface area (Å²) in [6.07, 6.45) is 0.318. The SMILES string of the molecule is COc1ccc2nc(NC(=O)C[C@H](Cc3ccc(Cl)cc3)C(=O)Nc3nc4ccc(OC)cc4s3)sc2c1. The fraction of sp³-hybridized carbons (Fsp3) is 0.185. The predicted octanol–water partition coefficient (Wildman–Crippen LogP) is 6.40. The second kappa shape index (κ2) is 11.3. The standard InChI is InChI=1S/C27H23ClN4O4S2/c1-35-18-7-9-20-22(13-18)37-26(29-20)31-24(33)12-16(11-15-3-5-17(28)6-4-15)25(34)32-27-30-21-10-8-19(36-2)14-23(21)38-27/h3-10,13-14,16H,11-12H2,1-2H3,(H,29,31,33)(H,30,32,34)/t16-/m0/s1. The highest BCUT2D eigenvalue weighted by Crippen LogP contribution is 2.31. The van der Waals surface area contributed by atoms with Crippen LogP contribution in [0.3, 0.4) is 0 Å². The van der Waals surface area contributed by atoms with E-state index in [0.717, 1.165) is 26.0 Å². The molecule has 1 atom stereocenters. The van der Waals surface area contributed by atoms with Crippen molar-refractivity contribution < 1.29 is 19.1 Å². The van der Waals surface area contributed by atoms with Gasteiger partial charge in [-0.2, -0.15) is 0 Å². The first-order valence-corrected chi connectivity index (χ1v) is 13.7. The van der Waals surface area contributed by atoms with Crippen molar-refractivity contribution in [3.05, 3.63) is 71.2 Å². The van der Waals surface area contributed by atoms with Crippen LogP contribution in [-0.2, 0) is 16.0 Å². The summed E-state index contributed by atoms with van der Waals surface area (Å²) in [5, 5.41) is 7.27. The molecule has 0 saturated heterocycles. The number of aromatic nitrogens is 2. The van der Waals surface area contributed by atoms with Crippen molar-refractivity contribution in [2.45, 2.75) is 12.8 Å². The Morgan fingerprint density at radius 1 is 0.842 bits per heavy atom. The lowest BCUT2D eigenvalue weighted by molar-refractivity contribution is -0.124. The van der Waals surface area contributed by atoms with E-state index in [0.29, 0.717) is 33.2 Å². The third-order valence-corrected chi connectivity index (χ3v) is 7.98. The average Bonchev–Trinajstić information content (AvgIpc) is 3.50. The number of fused-ring (bicyclic) bond motifs is 2. The van der Waals surface area contributed by atoms with Gasteiger partial charge in [-0.05, 0) is 60.5 Å². The number of carbonyl (C=O) groups excluding carboxylic acids is 2. The van der Waals surface area contributed by atoms with Crippen LogP contribution in [0, 0.1) is 5.92 Å². The maximum absolute atomic E-state index is 13.4. The summed E-state index contributed by atoms with van der Waals surface area (Å²) in [6, 6.07) is 18.3. The molecule has 0 spiro atoms. The van der Waals surface area contributed by atoms with E-state index in [1.54, 1.807) is 26.4 Å². The zero-order chi connectivity index (χ0) is 26.6. The van der Waals surface area contributed by atoms with Crippen molar-refractivity contribution in [2.24, 2.45) is 5.92 Å². The molecule has 0 fully saturated rings. The number of nitrogens with one attached hydrogen (secondary N) is 2. The number of carbonyl (C=O) groups is 2. The number of amides is 2. The number of benzene rings is 3. The zero-order valence-electron chi connectivity index (χ0n) is 20.5. The van der Waals surface area contributed by atoms with Gasteiger partial charge in [0, 0.05) is 11.4 Å². The minimum absolute atomic E-state index is 0.0353. The maximum atomic E-state index is 13.4. The van der Waals surface area contributed by atoms with Gasteiger partial charge in [0.25, 0.3) is 0 Å². The third kappa shape index (κ3) is 6.04. The van der Waals surface area contributed by atoms with Gasteiger partial charge in [0.05, 0.1) is 40.6 Å². The Bertz CT molecular complexity index is 1620. The molecule has 0 saturated carbocycles. The Kier molecular flexibility index (Phi) is 7.73. The van der Waals surface area contributed by atoms with Crippen LogP contribution in [0.2, 0.25) is 5.02 Å². The third-order valence-electron chi connectivity index (χ3n) is 5.87. The lowest BCUT2D eigenvalue weighted by atomic mass is 9.95. The quantitative estimate of drug-likeness (QED) is 0.214. The minimum atomic E-state index is -0.646. The number of hydrogen-bond donors (Lipinski definition) is 2. The van der Waals surface area contributed by atoms with Gasteiger partial charge >= 0.3 is 0 Å². The van der Waals surface area contributed by atoms with Gasteiger partial charge in [0.15, 0.2) is 10.3 Å². The van der Waals surface area contributed by atoms with Gasteiger partial charge in [-0.15, -0.1) is 0 Å². The Balaban J connectivity index is 1.33. The number of methoxy groups -OCH3 is 2. The van der Waals surface area contributed by atoms with E-state index < -0.39 is 5.92 Å². The fourth-order valence-electron chi connectivity index (χ4n) is 3.93. The number of anilines is 2.